The summed E-state index contributed by atoms with van der Waals surface area (Å²) in [5.74, 6) is 0.884. The lowest BCUT2D eigenvalue weighted by molar-refractivity contribution is 0.945. The topological polar surface area (TPSA) is 22.2 Å². The largest absolute Gasteiger partial charge is 0.313 e. The fourth-order valence-electron chi connectivity index (χ4n) is 3.02. The maximum absolute atomic E-state index is 6.13. The van der Waals surface area contributed by atoms with Crippen molar-refractivity contribution >= 4 is 29.0 Å². The molecule has 4 aromatic rings. The molecule has 0 fully saturated rings. The molecule has 2 heterocycles. The highest BCUT2D eigenvalue weighted by Crippen LogP contribution is 2.30. The van der Waals surface area contributed by atoms with Crippen LogP contribution in [0.5, 0.6) is 0 Å². The molecule has 0 saturated heterocycles. The smallest absolute Gasteiger partial charge is 0.214 e. The molecule has 0 spiro atoms. The average Bonchev–Trinajstić information content (AvgIpc) is 3.13. The van der Waals surface area contributed by atoms with Crippen molar-refractivity contribution in [2.24, 2.45) is 7.05 Å². The third-order valence-electron chi connectivity index (χ3n) is 4.65. The van der Waals surface area contributed by atoms with Crippen LogP contribution in [0.15, 0.2) is 48.8 Å². The van der Waals surface area contributed by atoms with E-state index in [-0.39, 0.29) is 0 Å². The van der Waals surface area contributed by atoms with Gasteiger partial charge in [-0.25, -0.2) is 4.98 Å². The Balaban J connectivity index is 1.81. The van der Waals surface area contributed by atoms with E-state index < -0.39 is 0 Å². The fourth-order valence-corrected chi connectivity index (χ4v) is 3.31. The number of imidazole rings is 2. The third kappa shape index (κ3) is 2.74. The first-order valence-electron chi connectivity index (χ1n) is 8.01. The van der Waals surface area contributed by atoms with E-state index >= 15 is 0 Å². The number of aryl methyl sites for hydroxylation is 3. The summed E-state index contributed by atoms with van der Waals surface area (Å²) >= 11 is 12.1. The number of halogens is 2. The van der Waals surface area contributed by atoms with Gasteiger partial charge in [0.25, 0.3) is 0 Å². The van der Waals surface area contributed by atoms with Gasteiger partial charge in [-0.1, -0.05) is 41.4 Å². The van der Waals surface area contributed by atoms with Crippen molar-refractivity contribution in [1.82, 2.24) is 14.0 Å². The van der Waals surface area contributed by atoms with Crippen molar-refractivity contribution in [3.05, 3.63) is 70.0 Å². The van der Waals surface area contributed by atoms with Crippen LogP contribution in [0.4, 0.5) is 0 Å². The molecule has 126 valence electrons. The monoisotopic (exact) mass is 369 g/mol. The lowest BCUT2D eigenvalue weighted by Gasteiger charge is -2.06. The van der Waals surface area contributed by atoms with Gasteiger partial charge in [0.1, 0.15) is 0 Å². The molecule has 25 heavy (non-hydrogen) atoms. The van der Waals surface area contributed by atoms with Crippen LogP contribution >= 0.6 is 23.2 Å². The summed E-state index contributed by atoms with van der Waals surface area (Å²) in [6.07, 6.45) is 4.12. The molecule has 3 nitrogen and oxygen atoms in total. The van der Waals surface area contributed by atoms with Crippen LogP contribution in [0.25, 0.3) is 28.3 Å². The van der Waals surface area contributed by atoms with Crippen molar-refractivity contribution in [1.29, 1.82) is 0 Å². The quantitative estimate of drug-likeness (QED) is 0.429. The van der Waals surface area contributed by atoms with Crippen molar-refractivity contribution < 1.29 is 0 Å². The molecule has 0 aliphatic carbocycles. The first-order valence-corrected chi connectivity index (χ1v) is 8.77. The van der Waals surface area contributed by atoms with Gasteiger partial charge in [-0.2, -0.15) is 0 Å². The zero-order valence-electron chi connectivity index (χ0n) is 14.2. The summed E-state index contributed by atoms with van der Waals surface area (Å²) in [5.41, 5.74) is 6.72. The van der Waals surface area contributed by atoms with Gasteiger partial charge in [0, 0.05) is 30.6 Å². The minimum Gasteiger partial charge on any atom is -0.313 e. The Labute approximate surface area is 156 Å². The highest BCUT2D eigenvalue weighted by molar-refractivity contribution is 6.42. The molecular weight excluding hydrogens is 353 g/mol. The number of hydrogen-bond donors (Lipinski definition) is 0. The van der Waals surface area contributed by atoms with E-state index in [0.717, 1.165) is 22.7 Å². The molecule has 0 saturated carbocycles. The van der Waals surface area contributed by atoms with Gasteiger partial charge >= 0.3 is 0 Å². The highest BCUT2D eigenvalue weighted by Gasteiger charge is 2.13. The predicted octanol–water partition coefficient (Wildman–Crippen LogP) is 5.93. The molecule has 4 rings (SSSR count). The van der Waals surface area contributed by atoms with Gasteiger partial charge in [-0.3, -0.25) is 4.40 Å². The molecule has 0 amide bonds. The van der Waals surface area contributed by atoms with E-state index in [1.54, 1.807) is 6.07 Å². The van der Waals surface area contributed by atoms with Crippen LogP contribution in [-0.2, 0) is 7.05 Å². The zero-order chi connectivity index (χ0) is 17.7. The number of nitrogens with zero attached hydrogens (tertiary/aromatic N) is 3. The number of rotatable bonds is 2. The lowest BCUT2D eigenvalue weighted by Crippen LogP contribution is -1.93. The second kappa shape index (κ2) is 5.94. The van der Waals surface area contributed by atoms with Gasteiger partial charge in [-0.15, -0.1) is 0 Å². The number of aromatic nitrogens is 3. The standard InChI is InChI=1S/C20H17Cl2N3/c1-12-4-5-15(8-13(12)2)19-11-25-10-18(23-20(25)24(19)3)14-6-7-16(21)17(22)9-14/h4-11H,1-3H3. The molecule has 0 unspecified atom stereocenters. The first-order chi connectivity index (χ1) is 11.9. The second-order valence-electron chi connectivity index (χ2n) is 6.33. The van der Waals surface area contributed by atoms with Crippen LogP contribution in [0.3, 0.4) is 0 Å². The highest BCUT2D eigenvalue weighted by atomic mass is 35.5. The molecule has 5 heteroatoms. The fraction of sp³-hybridized carbons (Fsp3) is 0.150. The molecule has 2 aromatic heterocycles. The van der Waals surface area contributed by atoms with Gasteiger partial charge < -0.3 is 4.57 Å². The first kappa shape index (κ1) is 16.2. The minimum absolute atomic E-state index is 0.534. The summed E-state index contributed by atoms with van der Waals surface area (Å²) in [6, 6.07) is 12.1. The van der Waals surface area contributed by atoms with E-state index in [2.05, 4.69) is 42.8 Å². The van der Waals surface area contributed by atoms with Gasteiger partial charge in [0.15, 0.2) is 0 Å². The maximum atomic E-state index is 6.13. The van der Waals surface area contributed by atoms with E-state index in [0.29, 0.717) is 10.0 Å². The lowest BCUT2D eigenvalue weighted by atomic mass is 10.0. The number of hydrogen-bond acceptors (Lipinski definition) is 1. The van der Waals surface area contributed by atoms with Gasteiger partial charge in [0.2, 0.25) is 5.78 Å². The van der Waals surface area contributed by atoms with E-state index in [1.807, 2.05) is 29.8 Å². The summed E-state index contributed by atoms with van der Waals surface area (Å²) < 4.78 is 4.15. The van der Waals surface area contributed by atoms with E-state index in [4.69, 9.17) is 28.2 Å². The molecule has 0 aliphatic rings. The average molecular weight is 370 g/mol. The van der Waals surface area contributed by atoms with Crippen LogP contribution in [-0.4, -0.2) is 14.0 Å². The SMILES string of the molecule is Cc1ccc(-c2cn3cc(-c4ccc(Cl)c(Cl)c4)nc3n2C)cc1C. The molecular formula is C20H17Cl2N3. The van der Waals surface area contributed by atoms with Crippen molar-refractivity contribution in [2.45, 2.75) is 13.8 Å². The molecule has 2 aromatic carbocycles. The Kier molecular flexibility index (Phi) is 3.86. The van der Waals surface area contributed by atoms with Gasteiger partial charge in [-0.05, 0) is 43.2 Å². The Bertz CT molecular complexity index is 1110. The summed E-state index contributed by atoms with van der Waals surface area (Å²) in [6.45, 7) is 4.26. The van der Waals surface area contributed by atoms with Crippen LogP contribution < -0.4 is 0 Å². The Morgan fingerprint density at radius 2 is 1.60 bits per heavy atom. The number of benzene rings is 2. The minimum atomic E-state index is 0.534. The van der Waals surface area contributed by atoms with Crippen molar-refractivity contribution in [3.8, 4) is 22.5 Å². The molecule has 0 bridgehead atoms. The van der Waals surface area contributed by atoms with E-state index in [9.17, 15) is 0 Å². The summed E-state index contributed by atoms with van der Waals surface area (Å²) in [4.78, 5) is 4.76. The molecule has 0 atom stereocenters. The van der Waals surface area contributed by atoms with Gasteiger partial charge in [0.05, 0.1) is 21.4 Å². The molecule has 0 radical (unpaired) electrons. The van der Waals surface area contributed by atoms with Crippen LogP contribution in [0, 0.1) is 13.8 Å². The third-order valence-corrected chi connectivity index (χ3v) is 5.39. The predicted molar refractivity (Wildman–Crippen MR) is 105 cm³/mol. The van der Waals surface area contributed by atoms with Crippen molar-refractivity contribution in [3.63, 3.8) is 0 Å². The zero-order valence-corrected chi connectivity index (χ0v) is 15.7. The second-order valence-corrected chi connectivity index (χ2v) is 7.15. The molecule has 0 N–H and O–H groups in total. The normalized spacial score (nSPS) is 11.4. The van der Waals surface area contributed by atoms with Crippen LogP contribution in [0.2, 0.25) is 10.0 Å². The Morgan fingerprint density at radius 3 is 2.28 bits per heavy atom. The van der Waals surface area contributed by atoms with Crippen LogP contribution in [0.1, 0.15) is 11.1 Å². The van der Waals surface area contributed by atoms with E-state index in [1.165, 1.54) is 16.7 Å². The molecule has 0 aliphatic heterocycles. The van der Waals surface area contributed by atoms with Crippen molar-refractivity contribution in [2.75, 3.05) is 0 Å². The Hall–Kier alpha value is -2.23. The summed E-state index contributed by atoms with van der Waals surface area (Å²) in [7, 11) is 2.03. The Morgan fingerprint density at radius 1 is 0.840 bits per heavy atom. The summed E-state index contributed by atoms with van der Waals surface area (Å²) in [5, 5.41) is 1.08. The number of fused-ring (bicyclic) bond motifs is 1. The maximum Gasteiger partial charge on any atom is 0.214 e.